The van der Waals surface area contributed by atoms with Gasteiger partial charge >= 0.3 is 0 Å². The SMILES string of the molecule is COCCCNC(=O)CN(C)C(=O)CCCNC(C)C. The fraction of sp³-hybridized carbons (Fsp3) is 0.857. The summed E-state index contributed by atoms with van der Waals surface area (Å²) in [7, 11) is 3.29. The van der Waals surface area contributed by atoms with E-state index in [1.165, 1.54) is 4.90 Å². The van der Waals surface area contributed by atoms with Crippen molar-refractivity contribution in [2.24, 2.45) is 0 Å². The van der Waals surface area contributed by atoms with Gasteiger partial charge in [-0.1, -0.05) is 13.8 Å². The smallest absolute Gasteiger partial charge is 0.239 e. The molecule has 6 nitrogen and oxygen atoms in total. The number of methoxy groups -OCH3 is 1. The standard InChI is InChI=1S/C14H29N3O3/c1-12(2)15-8-5-7-14(19)17(3)11-13(18)16-9-6-10-20-4/h12,15H,5-11H2,1-4H3,(H,16,18). The van der Waals surface area contributed by atoms with Crippen LogP contribution in [0.2, 0.25) is 0 Å². The molecule has 118 valence electrons. The number of rotatable bonds is 11. The minimum absolute atomic E-state index is 0.00241. The van der Waals surface area contributed by atoms with E-state index >= 15 is 0 Å². The van der Waals surface area contributed by atoms with Crippen LogP contribution in [0.5, 0.6) is 0 Å². The van der Waals surface area contributed by atoms with Crippen molar-refractivity contribution in [1.29, 1.82) is 0 Å². The zero-order chi connectivity index (χ0) is 15.4. The Morgan fingerprint density at radius 2 is 1.90 bits per heavy atom. The summed E-state index contributed by atoms with van der Waals surface area (Å²) >= 11 is 0. The lowest BCUT2D eigenvalue weighted by Gasteiger charge is -2.17. The first-order chi connectivity index (χ1) is 9.47. The van der Waals surface area contributed by atoms with Gasteiger partial charge in [-0.2, -0.15) is 0 Å². The van der Waals surface area contributed by atoms with Crippen molar-refractivity contribution in [3.8, 4) is 0 Å². The quantitative estimate of drug-likeness (QED) is 0.539. The number of nitrogens with zero attached hydrogens (tertiary/aromatic N) is 1. The molecule has 0 aromatic carbocycles. The first-order valence-corrected chi connectivity index (χ1v) is 7.20. The van der Waals surface area contributed by atoms with Crippen LogP contribution in [-0.4, -0.2) is 63.2 Å². The van der Waals surface area contributed by atoms with Crippen molar-refractivity contribution in [2.75, 3.05) is 40.4 Å². The van der Waals surface area contributed by atoms with E-state index in [4.69, 9.17) is 4.74 Å². The van der Waals surface area contributed by atoms with E-state index in [0.29, 0.717) is 25.6 Å². The minimum Gasteiger partial charge on any atom is -0.385 e. The molecule has 0 aromatic heterocycles. The highest BCUT2D eigenvalue weighted by Gasteiger charge is 2.12. The largest absolute Gasteiger partial charge is 0.385 e. The molecule has 6 heteroatoms. The number of ether oxygens (including phenoxy) is 1. The third-order valence-electron chi connectivity index (χ3n) is 2.77. The normalized spacial score (nSPS) is 10.7. The van der Waals surface area contributed by atoms with Gasteiger partial charge in [0, 0.05) is 39.8 Å². The van der Waals surface area contributed by atoms with Crippen molar-refractivity contribution >= 4 is 11.8 Å². The number of nitrogens with one attached hydrogen (secondary N) is 2. The Kier molecular flexibility index (Phi) is 11.0. The fourth-order valence-electron chi connectivity index (χ4n) is 1.63. The van der Waals surface area contributed by atoms with Crippen LogP contribution in [0.15, 0.2) is 0 Å². The summed E-state index contributed by atoms with van der Waals surface area (Å²) in [5, 5.41) is 6.02. The summed E-state index contributed by atoms with van der Waals surface area (Å²) in [6, 6.07) is 0.431. The van der Waals surface area contributed by atoms with E-state index in [9.17, 15) is 9.59 Å². The molecule has 0 rings (SSSR count). The highest BCUT2D eigenvalue weighted by atomic mass is 16.5. The zero-order valence-corrected chi connectivity index (χ0v) is 13.2. The lowest BCUT2D eigenvalue weighted by Crippen LogP contribution is -2.39. The van der Waals surface area contributed by atoms with Crippen LogP contribution in [0.25, 0.3) is 0 Å². The molecule has 0 spiro atoms. The van der Waals surface area contributed by atoms with E-state index in [-0.39, 0.29) is 18.4 Å². The maximum absolute atomic E-state index is 11.8. The Labute approximate surface area is 122 Å². The van der Waals surface area contributed by atoms with E-state index in [1.54, 1.807) is 14.2 Å². The molecule has 0 saturated heterocycles. The van der Waals surface area contributed by atoms with Crippen LogP contribution in [0.1, 0.15) is 33.1 Å². The lowest BCUT2D eigenvalue weighted by atomic mass is 10.2. The summed E-state index contributed by atoms with van der Waals surface area (Å²) < 4.78 is 4.89. The molecule has 0 aliphatic rings. The van der Waals surface area contributed by atoms with Gasteiger partial charge in [-0.3, -0.25) is 9.59 Å². The van der Waals surface area contributed by atoms with Gasteiger partial charge in [0.15, 0.2) is 0 Å². The fourth-order valence-corrected chi connectivity index (χ4v) is 1.63. The van der Waals surface area contributed by atoms with E-state index in [1.807, 2.05) is 0 Å². The van der Waals surface area contributed by atoms with Gasteiger partial charge in [-0.05, 0) is 19.4 Å². The zero-order valence-electron chi connectivity index (χ0n) is 13.2. The summed E-state index contributed by atoms with van der Waals surface area (Å²) in [6.07, 6.45) is 2.03. The number of hydrogen-bond acceptors (Lipinski definition) is 4. The molecule has 0 radical (unpaired) electrons. The maximum Gasteiger partial charge on any atom is 0.239 e. The molecular formula is C14H29N3O3. The molecule has 2 N–H and O–H groups in total. The third-order valence-corrected chi connectivity index (χ3v) is 2.77. The molecule has 2 amide bonds. The van der Waals surface area contributed by atoms with Crippen LogP contribution < -0.4 is 10.6 Å². The average Bonchev–Trinajstić information content (AvgIpc) is 2.39. The minimum atomic E-state index is -0.128. The number of amides is 2. The first kappa shape index (κ1) is 18.9. The third kappa shape index (κ3) is 10.8. The van der Waals surface area contributed by atoms with Gasteiger partial charge in [0.05, 0.1) is 6.54 Å². The van der Waals surface area contributed by atoms with Crippen molar-refractivity contribution in [1.82, 2.24) is 15.5 Å². The Balaban J connectivity index is 3.69. The summed E-state index contributed by atoms with van der Waals surface area (Å²) in [4.78, 5) is 24.9. The van der Waals surface area contributed by atoms with Gasteiger partial charge in [-0.15, -0.1) is 0 Å². The molecule has 0 atom stereocenters. The molecular weight excluding hydrogens is 258 g/mol. The van der Waals surface area contributed by atoms with E-state index in [0.717, 1.165) is 19.4 Å². The average molecular weight is 287 g/mol. The van der Waals surface area contributed by atoms with Gasteiger partial charge in [0.1, 0.15) is 0 Å². The van der Waals surface area contributed by atoms with Crippen LogP contribution >= 0.6 is 0 Å². The Morgan fingerprint density at radius 1 is 1.20 bits per heavy atom. The molecule has 0 unspecified atom stereocenters. The molecule has 0 aromatic rings. The Bertz CT molecular complexity index is 283. The highest BCUT2D eigenvalue weighted by molar-refractivity contribution is 5.84. The Hall–Kier alpha value is -1.14. The molecule has 0 bridgehead atoms. The predicted molar refractivity (Wildman–Crippen MR) is 79.5 cm³/mol. The lowest BCUT2D eigenvalue weighted by molar-refractivity contribution is -0.134. The van der Waals surface area contributed by atoms with Gasteiger partial charge in [0.25, 0.3) is 0 Å². The molecule has 0 aliphatic heterocycles. The molecule has 0 saturated carbocycles. The van der Waals surface area contributed by atoms with Gasteiger partial charge in [0.2, 0.25) is 11.8 Å². The van der Waals surface area contributed by atoms with Crippen LogP contribution in [0.4, 0.5) is 0 Å². The second kappa shape index (κ2) is 11.7. The van der Waals surface area contributed by atoms with Crippen LogP contribution in [0, 0.1) is 0 Å². The van der Waals surface area contributed by atoms with Crippen molar-refractivity contribution < 1.29 is 14.3 Å². The molecule has 20 heavy (non-hydrogen) atoms. The van der Waals surface area contributed by atoms with Crippen molar-refractivity contribution in [3.63, 3.8) is 0 Å². The topological polar surface area (TPSA) is 70.7 Å². The van der Waals surface area contributed by atoms with E-state index < -0.39 is 0 Å². The number of hydrogen-bond donors (Lipinski definition) is 2. The monoisotopic (exact) mass is 287 g/mol. The second-order valence-corrected chi connectivity index (χ2v) is 5.16. The van der Waals surface area contributed by atoms with Crippen LogP contribution in [-0.2, 0) is 14.3 Å². The van der Waals surface area contributed by atoms with Gasteiger partial charge < -0.3 is 20.3 Å². The molecule has 0 heterocycles. The van der Waals surface area contributed by atoms with E-state index in [2.05, 4.69) is 24.5 Å². The van der Waals surface area contributed by atoms with Crippen molar-refractivity contribution in [3.05, 3.63) is 0 Å². The Morgan fingerprint density at radius 3 is 2.50 bits per heavy atom. The number of carbonyl (C=O) groups excluding carboxylic acids is 2. The van der Waals surface area contributed by atoms with Gasteiger partial charge in [-0.25, -0.2) is 0 Å². The second-order valence-electron chi connectivity index (χ2n) is 5.16. The summed E-state index contributed by atoms with van der Waals surface area (Å²) in [5.74, 6) is -0.125. The van der Waals surface area contributed by atoms with Crippen molar-refractivity contribution in [2.45, 2.75) is 39.2 Å². The molecule has 0 fully saturated rings. The summed E-state index contributed by atoms with van der Waals surface area (Å²) in [6.45, 7) is 6.28. The highest BCUT2D eigenvalue weighted by Crippen LogP contribution is 1.95. The first-order valence-electron chi connectivity index (χ1n) is 7.20. The number of likely N-dealkylation sites (N-methyl/N-ethyl adjacent to an activating group) is 1. The van der Waals surface area contributed by atoms with Crippen LogP contribution in [0.3, 0.4) is 0 Å². The summed E-state index contributed by atoms with van der Waals surface area (Å²) in [5.41, 5.74) is 0. The molecule has 0 aliphatic carbocycles. The number of carbonyl (C=O) groups is 2. The predicted octanol–water partition coefficient (Wildman–Crippen LogP) is 0.376. The maximum atomic E-state index is 11.8.